The highest BCUT2D eigenvalue weighted by atomic mass is 16.6. The smallest absolute Gasteiger partial charge is 0.308 e. The number of hydrogen-bond donors (Lipinski definition) is 1. The lowest BCUT2D eigenvalue weighted by Crippen LogP contribution is -2.43. The van der Waals surface area contributed by atoms with E-state index in [1.54, 1.807) is 0 Å². The standard InChI is InChI=1S/C42H68O11/c1-3-5-7-9-11-13-19-25-49-37(44)21-15-17-23-39(46)51-31-42(30-43,33-53-41(48)36-28-34-27-35(34)29-36)32-52-40(47)24-18-16-22-38(45)50-26-20-14-12-10-8-6-4-2/h11-14,34-36,43H,3-10,15-33H2,1-2H3/b13-11-,14-12-. The van der Waals surface area contributed by atoms with Gasteiger partial charge in [-0.3, -0.25) is 24.0 Å². The molecular formula is C42H68O11. The molecule has 302 valence electrons. The lowest BCUT2D eigenvalue weighted by molar-refractivity contribution is -0.167. The first-order valence-corrected chi connectivity index (χ1v) is 20.4. The summed E-state index contributed by atoms with van der Waals surface area (Å²) in [7, 11) is 0. The molecule has 2 atom stereocenters. The first kappa shape index (κ1) is 45.9. The van der Waals surface area contributed by atoms with Crippen LogP contribution < -0.4 is 0 Å². The van der Waals surface area contributed by atoms with Crippen molar-refractivity contribution < 1.29 is 52.8 Å². The minimum atomic E-state index is -1.33. The Labute approximate surface area is 317 Å². The molecule has 0 amide bonds. The number of esters is 5. The van der Waals surface area contributed by atoms with E-state index < -0.39 is 24.0 Å². The molecule has 0 radical (unpaired) electrons. The number of allylic oxidation sites excluding steroid dienone is 2. The van der Waals surface area contributed by atoms with Gasteiger partial charge in [0.2, 0.25) is 0 Å². The van der Waals surface area contributed by atoms with Crippen molar-refractivity contribution in [3.63, 3.8) is 0 Å². The van der Waals surface area contributed by atoms with Crippen molar-refractivity contribution in [1.82, 2.24) is 0 Å². The van der Waals surface area contributed by atoms with Gasteiger partial charge in [0, 0.05) is 25.7 Å². The zero-order valence-electron chi connectivity index (χ0n) is 32.7. The SMILES string of the molecule is CCCCC/C=C\CCOC(=O)CCCCC(=O)OCC(CO)(COC(=O)CCCCC(=O)OCC/C=C\CCCCC)COC(=O)C1CC2CC2C1. The second-order valence-electron chi connectivity index (χ2n) is 14.9. The topological polar surface area (TPSA) is 152 Å². The van der Waals surface area contributed by atoms with Gasteiger partial charge in [0.1, 0.15) is 19.8 Å². The maximum atomic E-state index is 12.8. The average Bonchev–Trinajstić information content (AvgIpc) is 3.77. The Bertz CT molecular complexity index is 1060. The van der Waals surface area contributed by atoms with E-state index >= 15 is 0 Å². The van der Waals surface area contributed by atoms with Crippen LogP contribution in [0.4, 0.5) is 0 Å². The highest BCUT2D eigenvalue weighted by Gasteiger charge is 2.49. The highest BCUT2D eigenvalue weighted by molar-refractivity contribution is 5.73. The molecular weight excluding hydrogens is 680 g/mol. The minimum absolute atomic E-state index is 0.0535. The zero-order chi connectivity index (χ0) is 38.6. The normalized spacial score (nSPS) is 17.8. The van der Waals surface area contributed by atoms with E-state index in [1.807, 2.05) is 12.2 Å². The van der Waals surface area contributed by atoms with E-state index in [0.717, 1.165) is 44.9 Å². The van der Waals surface area contributed by atoms with E-state index in [-0.39, 0.29) is 69.3 Å². The van der Waals surface area contributed by atoms with E-state index in [4.69, 9.17) is 23.7 Å². The molecule has 0 saturated heterocycles. The predicted molar refractivity (Wildman–Crippen MR) is 201 cm³/mol. The zero-order valence-corrected chi connectivity index (χ0v) is 32.7. The summed E-state index contributed by atoms with van der Waals surface area (Å²) in [5.41, 5.74) is -1.33. The summed E-state index contributed by atoms with van der Waals surface area (Å²) in [6.45, 7) is 3.56. The van der Waals surface area contributed by atoms with E-state index in [9.17, 15) is 29.1 Å². The van der Waals surface area contributed by atoms with Gasteiger partial charge < -0.3 is 28.8 Å². The number of aliphatic hydroxyl groups is 1. The number of unbranched alkanes of at least 4 members (excludes halogenated alkanes) is 8. The molecule has 2 aliphatic rings. The molecule has 0 aliphatic heterocycles. The Hall–Kier alpha value is -3.21. The Kier molecular flexibility index (Phi) is 24.5. The third kappa shape index (κ3) is 21.9. The van der Waals surface area contributed by atoms with Crippen molar-refractivity contribution in [1.29, 1.82) is 0 Å². The van der Waals surface area contributed by atoms with Crippen LogP contribution in [-0.2, 0) is 47.7 Å². The van der Waals surface area contributed by atoms with Crippen LogP contribution in [0.3, 0.4) is 0 Å². The van der Waals surface area contributed by atoms with Crippen LogP contribution in [0.15, 0.2) is 24.3 Å². The van der Waals surface area contributed by atoms with Gasteiger partial charge in [-0.25, -0.2) is 0 Å². The summed E-state index contributed by atoms with van der Waals surface area (Å²) in [6.07, 6.45) is 23.8. The molecule has 11 heteroatoms. The maximum absolute atomic E-state index is 12.8. The number of aliphatic hydroxyl groups excluding tert-OH is 1. The minimum Gasteiger partial charge on any atom is -0.465 e. The summed E-state index contributed by atoms with van der Waals surface area (Å²) in [5.74, 6) is -1.04. The summed E-state index contributed by atoms with van der Waals surface area (Å²) < 4.78 is 27.1. The lowest BCUT2D eigenvalue weighted by atomic mass is 9.92. The van der Waals surface area contributed by atoms with Gasteiger partial charge in [0.05, 0.1) is 31.2 Å². The summed E-state index contributed by atoms with van der Waals surface area (Å²) >= 11 is 0. The molecule has 0 heterocycles. The van der Waals surface area contributed by atoms with Crippen molar-refractivity contribution in [3.05, 3.63) is 24.3 Å². The van der Waals surface area contributed by atoms with Crippen molar-refractivity contribution in [2.75, 3.05) is 39.6 Å². The molecule has 0 bridgehead atoms. The number of rotatable bonds is 32. The van der Waals surface area contributed by atoms with Crippen LogP contribution >= 0.6 is 0 Å². The first-order chi connectivity index (χ1) is 25.7. The van der Waals surface area contributed by atoms with E-state index in [2.05, 4.69) is 26.0 Å². The number of hydrogen-bond acceptors (Lipinski definition) is 11. The molecule has 1 N–H and O–H groups in total. The molecule has 0 aromatic heterocycles. The summed E-state index contributed by atoms with van der Waals surface area (Å²) in [6, 6.07) is 0. The lowest BCUT2D eigenvalue weighted by Gasteiger charge is -2.30. The Morgan fingerprint density at radius 1 is 0.528 bits per heavy atom. The number of carbonyl (C=O) groups excluding carboxylic acids is 5. The maximum Gasteiger partial charge on any atom is 0.308 e. The molecule has 2 fully saturated rings. The van der Waals surface area contributed by atoms with Gasteiger partial charge in [0.25, 0.3) is 0 Å². The quantitative estimate of drug-likeness (QED) is 0.0309. The van der Waals surface area contributed by atoms with Gasteiger partial charge in [-0.2, -0.15) is 0 Å². The van der Waals surface area contributed by atoms with Gasteiger partial charge in [-0.15, -0.1) is 0 Å². The van der Waals surface area contributed by atoms with Crippen LogP contribution in [0.25, 0.3) is 0 Å². The fraction of sp³-hybridized carbons (Fsp3) is 0.786. The van der Waals surface area contributed by atoms with Gasteiger partial charge in [-0.1, -0.05) is 63.8 Å². The molecule has 2 saturated carbocycles. The van der Waals surface area contributed by atoms with Crippen molar-refractivity contribution in [2.24, 2.45) is 23.2 Å². The fourth-order valence-electron chi connectivity index (χ4n) is 6.32. The van der Waals surface area contributed by atoms with Gasteiger partial charge >= 0.3 is 29.8 Å². The monoisotopic (exact) mass is 748 g/mol. The van der Waals surface area contributed by atoms with Gasteiger partial charge in [0.15, 0.2) is 0 Å². The number of ether oxygens (including phenoxy) is 5. The van der Waals surface area contributed by atoms with E-state index in [0.29, 0.717) is 63.6 Å². The average molecular weight is 749 g/mol. The fourth-order valence-corrected chi connectivity index (χ4v) is 6.32. The molecule has 2 unspecified atom stereocenters. The van der Waals surface area contributed by atoms with Crippen LogP contribution in [0, 0.1) is 23.2 Å². The van der Waals surface area contributed by atoms with Crippen molar-refractivity contribution in [3.8, 4) is 0 Å². The molecule has 53 heavy (non-hydrogen) atoms. The summed E-state index contributed by atoms with van der Waals surface area (Å²) in [5, 5.41) is 10.4. The molecule has 2 rings (SSSR count). The second-order valence-corrected chi connectivity index (χ2v) is 14.9. The van der Waals surface area contributed by atoms with Crippen LogP contribution in [0.5, 0.6) is 0 Å². The molecule has 0 aromatic rings. The summed E-state index contributed by atoms with van der Waals surface area (Å²) in [4.78, 5) is 62.1. The molecule has 2 aliphatic carbocycles. The molecule has 0 spiro atoms. The van der Waals surface area contributed by atoms with Gasteiger partial charge in [-0.05, 0) is 95.3 Å². The highest BCUT2D eigenvalue weighted by Crippen LogP contribution is 2.54. The molecule has 0 aromatic carbocycles. The predicted octanol–water partition coefficient (Wildman–Crippen LogP) is 7.90. The van der Waals surface area contributed by atoms with Crippen LogP contribution in [-0.4, -0.2) is 74.6 Å². The third-order valence-electron chi connectivity index (χ3n) is 9.91. The van der Waals surface area contributed by atoms with E-state index in [1.165, 1.54) is 25.7 Å². The first-order valence-electron chi connectivity index (χ1n) is 20.4. The van der Waals surface area contributed by atoms with Crippen molar-refractivity contribution >= 4 is 29.8 Å². The Morgan fingerprint density at radius 3 is 1.34 bits per heavy atom. The number of fused-ring (bicyclic) bond motifs is 1. The third-order valence-corrected chi connectivity index (χ3v) is 9.91. The van der Waals surface area contributed by atoms with Crippen LogP contribution in [0.1, 0.15) is 149 Å². The van der Waals surface area contributed by atoms with Crippen molar-refractivity contribution in [2.45, 2.75) is 149 Å². The molecule has 11 nitrogen and oxygen atoms in total. The Balaban J connectivity index is 1.70. The van der Waals surface area contributed by atoms with Crippen LogP contribution in [0.2, 0.25) is 0 Å². The number of carbonyl (C=O) groups is 5. The second kappa shape index (κ2) is 28.3. The largest absolute Gasteiger partial charge is 0.465 e. The Morgan fingerprint density at radius 2 is 0.925 bits per heavy atom.